The number of nitrogens with zero attached hydrogens (tertiary/aromatic N) is 1. The van der Waals surface area contributed by atoms with Crippen molar-refractivity contribution in [1.29, 1.82) is 0 Å². The van der Waals surface area contributed by atoms with Crippen molar-refractivity contribution < 1.29 is 4.79 Å². The lowest BCUT2D eigenvalue weighted by atomic mass is 10.3. The summed E-state index contributed by atoms with van der Waals surface area (Å²) in [5.41, 5.74) is 0. The predicted molar refractivity (Wildman–Crippen MR) is 43.1 cm³/mol. The van der Waals surface area contributed by atoms with Crippen LogP contribution in [0.5, 0.6) is 0 Å². The van der Waals surface area contributed by atoms with Crippen molar-refractivity contribution >= 4 is 6.29 Å². The molecule has 0 saturated heterocycles. The molecule has 0 aromatic heterocycles. The molecule has 0 bridgehead atoms. The Bertz CT molecular complexity index is 77.3. The maximum atomic E-state index is 10.1. The highest BCUT2D eigenvalue weighted by molar-refractivity contribution is 5.51. The monoisotopic (exact) mass is 145 g/mol. The van der Waals surface area contributed by atoms with Crippen LogP contribution in [-0.4, -0.2) is 30.8 Å². The molecule has 0 spiro atoms. The first kappa shape index (κ1) is 9.63. The normalized spacial score (nSPS) is 10.3. The number of hydrogen-bond donors (Lipinski definition) is 0. The number of rotatable bonds is 6. The fourth-order valence-corrected chi connectivity index (χ4v) is 1.03. The molecule has 60 valence electrons. The van der Waals surface area contributed by atoms with Crippen LogP contribution in [0.15, 0.2) is 0 Å². The van der Waals surface area contributed by atoms with Crippen LogP contribution >= 0.6 is 0 Å². The van der Waals surface area contributed by atoms with Gasteiger partial charge in [-0.3, -0.25) is 4.90 Å². The molecule has 0 fully saturated rings. The first-order valence-electron chi connectivity index (χ1n) is 4.01. The van der Waals surface area contributed by atoms with E-state index in [4.69, 9.17) is 0 Å². The molecule has 10 heavy (non-hydrogen) atoms. The maximum absolute atomic E-state index is 10.1. The van der Waals surface area contributed by atoms with Gasteiger partial charge in [0.25, 0.3) is 0 Å². The van der Waals surface area contributed by atoms with E-state index in [0.29, 0.717) is 6.54 Å². The van der Waals surface area contributed by atoms with Crippen LogP contribution in [0.2, 0.25) is 0 Å². The van der Waals surface area contributed by atoms with Gasteiger partial charge in [0.15, 0.2) is 0 Å². The van der Waals surface area contributed by atoms with Gasteiger partial charge in [0, 0.05) is 0 Å². The van der Waals surface area contributed by atoms with Crippen LogP contribution in [0.1, 0.15) is 26.7 Å². The van der Waals surface area contributed by atoms with Gasteiger partial charge in [-0.1, -0.05) is 13.8 Å². The lowest BCUT2D eigenvalue weighted by Gasteiger charge is -2.16. The average Bonchev–Trinajstić information content (AvgIpc) is 1.90. The van der Waals surface area contributed by atoms with E-state index in [9.17, 15) is 4.79 Å². The molecule has 0 radical (unpaired) electrons. The van der Waals surface area contributed by atoms with Crippen molar-refractivity contribution in [3.05, 3.63) is 0 Å². The van der Waals surface area contributed by atoms with Crippen molar-refractivity contribution in [3.8, 4) is 0 Å². The van der Waals surface area contributed by atoms with Gasteiger partial charge in [-0.05, 0) is 25.9 Å². The number of carbonyl (C=O) groups excluding carboxylic acids is 1. The van der Waals surface area contributed by atoms with Crippen molar-refractivity contribution in [2.24, 2.45) is 0 Å². The Kier molecular flexibility index (Phi) is 6.50. The third-order valence-electron chi connectivity index (χ3n) is 1.41. The molecule has 0 rings (SSSR count). The zero-order valence-corrected chi connectivity index (χ0v) is 6.97. The SMILES string of the molecule is CCCN(CC=[18O])CCC. The third-order valence-corrected chi connectivity index (χ3v) is 1.41. The van der Waals surface area contributed by atoms with Gasteiger partial charge in [0.05, 0.1) is 6.54 Å². The van der Waals surface area contributed by atoms with E-state index in [2.05, 4.69) is 18.7 Å². The van der Waals surface area contributed by atoms with Crippen LogP contribution in [0, 0.1) is 0 Å². The zero-order valence-electron chi connectivity index (χ0n) is 6.97. The van der Waals surface area contributed by atoms with Gasteiger partial charge in [0.1, 0.15) is 6.29 Å². The Morgan fingerprint density at radius 3 is 2.00 bits per heavy atom. The van der Waals surface area contributed by atoms with Crippen molar-refractivity contribution in [1.82, 2.24) is 4.90 Å². The van der Waals surface area contributed by atoms with E-state index >= 15 is 0 Å². The molecule has 0 aliphatic heterocycles. The van der Waals surface area contributed by atoms with Crippen molar-refractivity contribution in [2.45, 2.75) is 26.7 Å². The second kappa shape index (κ2) is 6.75. The first-order chi connectivity index (χ1) is 4.85. The second-order valence-electron chi connectivity index (χ2n) is 2.47. The van der Waals surface area contributed by atoms with Crippen molar-refractivity contribution in [3.63, 3.8) is 0 Å². The van der Waals surface area contributed by atoms with E-state index in [-0.39, 0.29) is 0 Å². The molecule has 0 N–H and O–H groups in total. The molecule has 0 saturated carbocycles. The summed E-state index contributed by atoms with van der Waals surface area (Å²) in [6, 6.07) is 0. The summed E-state index contributed by atoms with van der Waals surface area (Å²) < 4.78 is 0. The summed E-state index contributed by atoms with van der Waals surface area (Å²) in [4.78, 5) is 12.3. The molecule has 0 atom stereocenters. The van der Waals surface area contributed by atoms with E-state index in [0.717, 1.165) is 32.2 Å². The quantitative estimate of drug-likeness (QED) is 0.415. The lowest BCUT2D eigenvalue weighted by molar-refractivity contribution is -0.108. The van der Waals surface area contributed by atoms with Crippen LogP contribution in [0.3, 0.4) is 0 Å². The smallest absolute Gasteiger partial charge is 0.133 e. The van der Waals surface area contributed by atoms with Crippen LogP contribution in [0.25, 0.3) is 0 Å². The third kappa shape index (κ3) is 4.50. The second-order valence-corrected chi connectivity index (χ2v) is 2.47. The Morgan fingerprint density at radius 2 is 1.70 bits per heavy atom. The summed E-state index contributed by atoms with van der Waals surface area (Å²) in [5, 5.41) is 0. The Morgan fingerprint density at radius 1 is 1.20 bits per heavy atom. The molecular formula is C8H17NO. The maximum Gasteiger partial charge on any atom is 0.133 e. The topological polar surface area (TPSA) is 20.3 Å². The van der Waals surface area contributed by atoms with Gasteiger partial charge < -0.3 is 4.79 Å². The van der Waals surface area contributed by atoms with Gasteiger partial charge in [-0.15, -0.1) is 0 Å². The van der Waals surface area contributed by atoms with E-state index in [1.807, 2.05) is 0 Å². The summed E-state index contributed by atoms with van der Waals surface area (Å²) in [6.45, 7) is 6.96. The first-order valence-corrected chi connectivity index (χ1v) is 4.01. The fraction of sp³-hybridized carbons (Fsp3) is 0.875. The Balaban J connectivity index is 3.38. The summed E-state index contributed by atoms with van der Waals surface area (Å²) in [7, 11) is 0. The van der Waals surface area contributed by atoms with Crippen LogP contribution in [0.4, 0.5) is 0 Å². The standard InChI is InChI=1S/C8H17NO/c1-3-5-9(6-4-2)7-8-10/h8H,3-7H2,1-2H3/i10+2. The predicted octanol–water partition coefficient (Wildman–Crippen LogP) is 1.31. The molecule has 0 unspecified atom stereocenters. The highest BCUT2D eigenvalue weighted by atomic mass is 18.1. The molecule has 0 aromatic carbocycles. The van der Waals surface area contributed by atoms with E-state index < -0.39 is 0 Å². The van der Waals surface area contributed by atoms with Crippen molar-refractivity contribution in [2.75, 3.05) is 19.6 Å². The van der Waals surface area contributed by atoms with E-state index in [1.54, 1.807) is 0 Å². The van der Waals surface area contributed by atoms with Gasteiger partial charge >= 0.3 is 0 Å². The van der Waals surface area contributed by atoms with Gasteiger partial charge in [0.2, 0.25) is 0 Å². The minimum Gasteiger partial charge on any atom is -0.302 e. The highest BCUT2D eigenvalue weighted by Crippen LogP contribution is 1.90. The molecule has 2 heteroatoms. The number of aldehydes is 1. The summed E-state index contributed by atoms with van der Waals surface area (Å²) >= 11 is 0. The summed E-state index contributed by atoms with van der Waals surface area (Å²) in [5.74, 6) is 0. The van der Waals surface area contributed by atoms with Crippen LogP contribution in [-0.2, 0) is 4.79 Å². The molecule has 0 aromatic rings. The minimum atomic E-state index is 0.599. The Hall–Kier alpha value is -0.370. The number of carbonyl (C=O) groups is 1. The molecule has 0 aliphatic carbocycles. The van der Waals surface area contributed by atoms with Gasteiger partial charge in [-0.2, -0.15) is 0 Å². The largest absolute Gasteiger partial charge is 0.302 e. The van der Waals surface area contributed by atoms with E-state index in [1.165, 1.54) is 0 Å². The molecular weight excluding hydrogens is 128 g/mol. The van der Waals surface area contributed by atoms with Gasteiger partial charge in [-0.25, -0.2) is 0 Å². The fourth-order valence-electron chi connectivity index (χ4n) is 1.03. The summed E-state index contributed by atoms with van der Waals surface area (Å²) in [6.07, 6.45) is 3.24. The molecule has 0 amide bonds. The minimum absolute atomic E-state index is 0.599. The van der Waals surface area contributed by atoms with Crippen LogP contribution < -0.4 is 0 Å². The zero-order chi connectivity index (χ0) is 7.82. The molecule has 0 heterocycles. The number of hydrogen-bond acceptors (Lipinski definition) is 2. The molecule has 2 nitrogen and oxygen atoms in total. The molecule has 0 aliphatic rings. The lowest BCUT2D eigenvalue weighted by Crippen LogP contribution is -2.27. The highest BCUT2D eigenvalue weighted by Gasteiger charge is 1.98. The average molecular weight is 145 g/mol. The Labute approximate surface area is 63.2 Å².